The molecule has 3 aromatic heterocycles. The molecule has 0 unspecified atom stereocenters. The van der Waals surface area contributed by atoms with Crippen LogP contribution in [0.15, 0.2) is 93.2 Å². The van der Waals surface area contributed by atoms with Gasteiger partial charge in [0.25, 0.3) is 5.91 Å². The maximum Gasteiger partial charge on any atom is 0.261 e. The molecule has 5 rings (SSSR count). The van der Waals surface area contributed by atoms with Crippen LogP contribution in [0.3, 0.4) is 0 Å². The molecule has 0 spiro atoms. The van der Waals surface area contributed by atoms with Crippen LogP contribution in [0.4, 0.5) is 5.88 Å². The molecular weight excluding hydrogens is 444 g/mol. The zero-order chi connectivity index (χ0) is 23.5. The van der Waals surface area contributed by atoms with E-state index in [0.29, 0.717) is 11.4 Å². The molecule has 5 aromatic rings. The van der Waals surface area contributed by atoms with E-state index >= 15 is 0 Å². The highest BCUT2D eigenvalue weighted by Gasteiger charge is 2.19. The minimum absolute atomic E-state index is 0.123. The zero-order valence-electron chi connectivity index (χ0n) is 18.7. The van der Waals surface area contributed by atoms with E-state index < -0.39 is 0 Å². The molecule has 3 heterocycles. The number of H-pyrrole nitrogens is 1. The van der Waals surface area contributed by atoms with Crippen LogP contribution < -0.4 is 4.90 Å². The number of aromatic nitrogens is 3. The summed E-state index contributed by atoms with van der Waals surface area (Å²) < 4.78 is 5.62. The third kappa shape index (κ3) is 4.51. The van der Waals surface area contributed by atoms with Crippen molar-refractivity contribution in [1.29, 1.82) is 0 Å². The largest absolute Gasteiger partial charge is 0.445 e. The molecule has 1 amide bonds. The van der Waals surface area contributed by atoms with Crippen LogP contribution >= 0.6 is 11.8 Å². The zero-order valence-corrected chi connectivity index (χ0v) is 19.5. The highest BCUT2D eigenvalue weighted by atomic mass is 32.2. The fourth-order valence-corrected chi connectivity index (χ4v) is 4.57. The van der Waals surface area contributed by atoms with Crippen molar-refractivity contribution in [3.05, 3.63) is 102 Å². The number of carbonyl (C=O) groups excluding carboxylic acids is 1. The van der Waals surface area contributed by atoms with Crippen LogP contribution in [0, 0.1) is 6.92 Å². The lowest BCUT2D eigenvalue weighted by molar-refractivity contribution is 0.0986. The maximum absolute atomic E-state index is 13.2. The summed E-state index contributed by atoms with van der Waals surface area (Å²) in [7, 11) is 1.72. The Morgan fingerprint density at radius 1 is 1.03 bits per heavy atom. The summed E-state index contributed by atoms with van der Waals surface area (Å²) in [4.78, 5) is 20.9. The number of fused-ring (bicyclic) bond motifs is 1. The molecule has 0 saturated heterocycles. The highest BCUT2D eigenvalue weighted by molar-refractivity contribution is 7.99. The van der Waals surface area contributed by atoms with Gasteiger partial charge in [-0.3, -0.25) is 19.8 Å². The molecule has 168 valence electrons. The first kappa shape index (κ1) is 21.7. The van der Waals surface area contributed by atoms with Gasteiger partial charge in [-0.05, 0) is 67.6 Å². The monoisotopic (exact) mass is 466 g/mol. The van der Waals surface area contributed by atoms with Crippen LogP contribution in [-0.4, -0.2) is 28.1 Å². The fourth-order valence-electron chi connectivity index (χ4n) is 3.59. The van der Waals surface area contributed by atoms with E-state index in [1.54, 1.807) is 31.1 Å². The van der Waals surface area contributed by atoms with Crippen LogP contribution in [0.2, 0.25) is 0 Å². The number of hydrogen-bond acceptors (Lipinski definition) is 5. The third-order valence-corrected chi connectivity index (χ3v) is 6.44. The second-order valence-corrected chi connectivity index (χ2v) is 8.87. The molecule has 0 fully saturated rings. The van der Waals surface area contributed by atoms with Gasteiger partial charge in [-0.15, -0.1) is 0 Å². The topological polar surface area (TPSA) is 75.0 Å². The van der Waals surface area contributed by atoms with Crippen LogP contribution in [0.1, 0.15) is 27.5 Å². The Balaban J connectivity index is 1.39. The molecule has 0 atom stereocenters. The number of nitrogens with one attached hydrogen (secondary N) is 1. The third-order valence-electron chi connectivity index (χ3n) is 5.37. The Kier molecular flexibility index (Phi) is 6.01. The number of hydrogen-bond donors (Lipinski definition) is 1. The van der Waals surface area contributed by atoms with Crippen LogP contribution in [0.25, 0.3) is 23.1 Å². The molecule has 0 aliphatic carbocycles. The normalized spacial score (nSPS) is 11.4. The first-order chi connectivity index (χ1) is 16.6. The molecular formula is C27H22N4O2S. The van der Waals surface area contributed by atoms with E-state index in [-0.39, 0.29) is 5.91 Å². The predicted octanol–water partition coefficient (Wildman–Crippen LogP) is 6.46. The molecule has 7 heteroatoms. The number of amides is 1. The van der Waals surface area contributed by atoms with Gasteiger partial charge < -0.3 is 4.42 Å². The second-order valence-electron chi connectivity index (χ2n) is 7.75. The van der Waals surface area contributed by atoms with E-state index in [1.807, 2.05) is 85.8 Å². The highest BCUT2D eigenvalue weighted by Crippen LogP contribution is 2.34. The minimum atomic E-state index is -0.123. The lowest BCUT2D eigenvalue weighted by atomic mass is 10.2. The van der Waals surface area contributed by atoms with Gasteiger partial charge in [0.1, 0.15) is 5.76 Å². The first-order valence-electron chi connectivity index (χ1n) is 10.8. The Bertz CT molecular complexity index is 1490. The fraction of sp³-hybridized carbons (Fsp3) is 0.0741. The summed E-state index contributed by atoms with van der Waals surface area (Å²) in [6.45, 7) is 1.86. The standard InChI is InChI=1S/C27H22N4O2S/c1-18-10-15-26(33-18)31(2)27(32)22-8-3-4-9-25(22)34-20-12-13-21-23(29-30-24(21)17-20)14-11-19-7-5-6-16-28-19/h3-17H,1-2H3,(H,29,30)/b14-11+. The van der Waals surface area contributed by atoms with Gasteiger partial charge in [-0.1, -0.05) is 30.0 Å². The number of aryl methyl sites for hydroxylation is 1. The van der Waals surface area contributed by atoms with Crippen molar-refractivity contribution in [2.24, 2.45) is 0 Å². The number of carbonyl (C=O) groups is 1. The quantitative estimate of drug-likeness (QED) is 0.311. The average molecular weight is 467 g/mol. The summed E-state index contributed by atoms with van der Waals surface area (Å²) in [5, 5.41) is 8.57. The number of benzene rings is 2. The van der Waals surface area contributed by atoms with Gasteiger partial charge in [-0.25, -0.2) is 0 Å². The SMILES string of the molecule is Cc1ccc(N(C)C(=O)c2ccccc2Sc2ccc3c(/C=C/c4ccccn4)n[nH]c3c2)o1. The van der Waals surface area contributed by atoms with Crippen molar-refractivity contribution in [2.75, 3.05) is 11.9 Å². The number of anilines is 1. The van der Waals surface area contributed by atoms with E-state index in [0.717, 1.165) is 37.8 Å². The lowest BCUT2D eigenvalue weighted by Gasteiger charge is -2.16. The summed E-state index contributed by atoms with van der Waals surface area (Å²) in [5.74, 6) is 1.16. The van der Waals surface area contributed by atoms with Crippen LogP contribution in [-0.2, 0) is 0 Å². The molecule has 34 heavy (non-hydrogen) atoms. The summed E-state index contributed by atoms with van der Waals surface area (Å²) >= 11 is 1.54. The second kappa shape index (κ2) is 9.41. The van der Waals surface area contributed by atoms with Gasteiger partial charge in [0.2, 0.25) is 5.88 Å². The molecule has 0 saturated carbocycles. The van der Waals surface area contributed by atoms with Crippen LogP contribution in [0.5, 0.6) is 0 Å². The average Bonchev–Trinajstić information content (AvgIpc) is 3.48. The van der Waals surface area contributed by atoms with E-state index in [2.05, 4.69) is 15.2 Å². The summed E-state index contributed by atoms with van der Waals surface area (Å²) in [6, 6.07) is 23.2. The Morgan fingerprint density at radius 2 is 1.88 bits per heavy atom. The van der Waals surface area contributed by atoms with Crippen molar-refractivity contribution in [1.82, 2.24) is 15.2 Å². The molecule has 0 aliphatic rings. The summed E-state index contributed by atoms with van der Waals surface area (Å²) in [5.41, 5.74) is 3.27. The smallest absolute Gasteiger partial charge is 0.261 e. The lowest BCUT2D eigenvalue weighted by Crippen LogP contribution is -2.26. The molecule has 0 aliphatic heterocycles. The Morgan fingerprint density at radius 3 is 2.68 bits per heavy atom. The first-order valence-corrected chi connectivity index (χ1v) is 11.6. The van der Waals surface area contributed by atoms with E-state index in [4.69, 9.17) is 4.42 Å². The van der Waals surface area contributed by atoms with Gasteiger partial charge in [0, 0.05) is 34.5 Å². The number of rotatable bonds is 6. The number of furan rings is 1. The summed E-state index contributed by atoms with van der Waals surface area (Å²) in [6.07, 6.45) is 5.66. The minimum Gasteiger partial charge on any atom is -0.445 e. The van der Waals surface area contributed by atoms with Gasteiger partial charge >= 0.3 is 0 Å². The van der Waals surface area contributed by atoms with Crippen molar-refractivity contribution in [3.8, 4) is 0 Å². The van der Waals surface area contributed by atoms with E-state index in [1.165, 1.54) is 4.90 Å². The maximum atomic E-state index is 13.2. The van der Waals surface area contributed by atoms with Crippen molar-refractivity contribution >= 4 is 46.6 Å². The number of aromatic amines is 1. The van der Waals surface area contributed by atoms with Crippen molar-refractivity contribution < 1.29 is 9.21 Å². The van der Waals surface area contributed by atoms with Crippen molar-refractivity contribution in [2.45, 2.75) is 16.7 Å². The Labute approximate surface area is 201 Å². The van der Waals surface area contributed by atoms with Gasteiger partial charge in [0.05, 0.1) is 22.5 Å². The molecule has 1 N–H and O–H groups in total. The molecule has 2 aromatic carbocycles. The van der Waals surface area contributed by atoms with Gasteiger partial charge in [0.15, 0.2) is 0 Å². The van der Waals surface area contributed by atoms with Crippen molar-refractivity contribution in [3.63, 3.8) is 0 Å². The molecule has 6 nitrogen and oxygen atoms in total. The van der Waals surface area contributed by atoms with E-state index in [9.17, 15) is 4.79 Å². The van der Waals surface area contributed by atoms with Gasteiger partial charge in [-0.2, -0.15) is 5.10 Å². The Hall–Kier alpha value is -4.10. The molecule has 0 radical (unpaired) electrons. The predicted molar refractivity (Wildman–Crippen MR) is 136 cm³/mol. The number of pyridine rings is 1. The molecule has 0 bridgehead atoms. The number of nitrogens with zero attached hydrogens (tertiary/aromatic N) is 3.